The van der Waals surface area contributed by atoms with Crippen molar-refractivity contribution in [2.75, 3.05) is 32.2 Å². The van der Waals surface area contributed by atoms with Crippen molar-refractivity contribution in [3.63, 3.8) is 0 Å². The number of piperidine rings is 1. The lowest BCUT2D eigenvalue weighted by Gasteiger charge is -2.42. The molecule has 1 heterocycles. The highest BCUT2D eigenvalue weighted by molar-refractivity contribution is 6.74. The molecule has 0 aliphatic carbocycles. The van der Waals surface area contributed by atoms with Gasteiger partial charge < -0.3 is 23.9 Å². The number of nitrogens with zero attached hydrogens (tertiary/aromatic N) is 1. The van der Waals surface area contributed by atoms with Crippen LogP contribution in [0.15, 0.2) is 60.7 Å². The van der Waals surface area contributed by atoms with E-state index < -0.39 is 20.4 Å². The number of aliphatic carboxylic acids is 1. The van der Waals surface area contributed by atoms with Gasteiger partial charge >= 0.3 is 5.97 Å². The number of benzene rings is 2. The van der Waals surface area contributed by atoms with E-state index in [0.29, 0.717) is 0 Å². The zero-order chi connectivity index (χ0) is 29.6. The Morgan fingerprint density at radius 2 is 1.70 bits per heavy atom. The average Bonchev–Trinajstić information content (AvgIpc) is 2.91. The summed E-state index contributed by atoms with van der Waals surface area (Å²) in [4.78, 5) is 27.2. The monoisotopic (exact) mass is 567 g/mol. The van der Waals surface area contributed by atoms with Crippen LogP contribution in [0.25, 0.3) is 0 Å². The number of carboxylic acid groups (broad SMARTS) is 1. The third kappa shape index (κ3) is 7.76. The molecular formula is C32H45NO6Si. The van der Waals surface area contributed by atoms with E-state index in [9.17, 15) is 14.7 Å². The number of ketones is 1. The second kappa shape index (κ2) is 13.0. The summed E-state index contributed by atoms with van der Waals surface area (Å²) < 4.78 is 17.5. The Labute approximate surface area is 240 Å². The van der Waals surface area contributed by atoms with Gasteiger partial charge in [-0.15, -0.1) is 0 Å². The SMILES string of the molecule is COc1cccc(C2(/C=C/C(=O)CC(CC(=O)O)O[Si](C)(C)C(C)(C)C)CCN(c3ccccc3OC)CC2)c1. The lowest BCUT2D eigenvalue weighted by atomic mass is 9.72. The topological polar surface area (TPSA) is 85.3 Å². The van der Waals surface area contributed by atoms with E-state index in [2.05, 4.69) is 50.9 Å². The number of allylic oxidation sites excluding steroid dienone is 2. The van der Waals surface area contributed by atoms with E-state index in [1.807, 2.05) is 42.5 Å². The molecule has 1 saturated heterocycles. The van der Waals surface area contributed by atoms with E-state index in [1.54, 1.807) is 20.3 Å². The van der Waals surface area contributed by atoms with E-state index in [-0.39, 0.29) is 29.1 Å². The van der Waals surface area contributed by atoms with Crippen molar-refractivity contribution in [1.82, 2.24) is 0 Å². The van der Waals surface area contributed by atoms with Gasteiger partial charge in [0, 0.05) is 24.9 Å². The number of carboxylic acids is 1. The molecule has 0 aromatic heterocycles. The van der Waals surface area contributed by atoms with Crippen molar-refractivity contribution < 1.29 is 28.6 Å². The van der Waals surface area contributed by atoms with E-state index in [0.717, 1.165) is 48.7 Å². The molecule has 8 heteroatoms. The number of rotatable bonds is 12. The third-order valence-electron chi connectivity index (χ3n) is 8.41. The zero-order valence-corrected chi connectivity index (χ0v) is 26.0. The predicted octanol–water partition coefficient (Wildman–Crippen LogP) is 6.62. The van der Waals surface area contributed by atoms with Crippen LogP contribution in [0.3, 0.4) is 0 Å². The number of hydrogen-bond donors (Lipinski definition) is 1. The van der Waals surface area contributed by atoms with Crippen LogP contribution in [0.4, 0.5) is 5.69 Å². The molecule has 1 aliphatic heterocycles. The Bertz CT molecular complexity index is 1190. The molecule has 3 rings (SSSR count). The van der Waals surface area contributed by atoms with Gasteiger partial charge in [-0.3, -0.25) is 9.59 Å². The number of methoxy groups -OCH3 is 2. The van der Waals surface area contributed by atoms with Crippen molar-refractivity contribution in [1.29, 1.82) is 0 Å². The Kier molecular flexibility index (Phi) is 10.2. The highest BCUT2D eigenvalue weighted by atomic mass is 28.4. The van der Waals surface area contributed by atoms with Crippen LogP contribution in [0.2, 0.25) is 18.1 Å². The highest BCUT2D eigenvalue weighted by Crippen LogP contribution is 2.41. The molecule has 2 aromatic carbocycles. The van der Waals surface area contributed by atoms with Gasteiger partial charge in [-0.1, -0.05) is 51.1 Å². The first-order chi connectivity index (χ1) is 18.8. The molecule has 0 radical (unpaired) electrons. The Balaban J connectivity index is 1.85. The van der Waals surface area contributed by atoms with Crippen molar-refractivity contribution in [2.45, 2.75) is 76.1 Å². The second-order valence-corrected chi connectivity index (χ2v) is 16.9. The number of para-hydroxylation sites is 2. The molecule has 7 nitrogen and oxygen atoms in total. The van der Waals surface area contributed by atoms with Gasteiger partial charge in [-0.25, -0.2) is 0 Å². The highest BCUT2D eigenvalue weighted by Gasteiger charge is 2.40. The molecule has 1 atom stereocenters. The standard InChI is InChI=1S/C32H45NO6Si/c1-31(2,3)40(6,7)39-27(23-30(35)36)22-25(34)15-16-32(24-11-10-12-26(21-24)37-4)17-19-33(20-18-32)28-13-8-9-14-29(28)38-5/h8-16,21,27H,17-20,22-23H2,1-7H3,(H,35,36)/b16-15+. The smallest absolute Gasteiger partial charge is 0.305 e. The summed E-state index contributed by atoms with van der Waals surface area (Å²) >= 11 is 0. The van der Waals surface area contributed by atoms with Gasteiger partial charge in [0.15, 0.2) is 14.1 Å². The molecule has 2 aromatic rings. The fourth-order valence-corrected chi connectivity index (χ4v) is 6.36. The molecule has 0 spiro atoms. The first-order valence-electron chi connectivity index (χ1n) is 13.9. The van der Waals surface area contributed by atoms with Gasteiger partial charge in [-0.05, 0) is 66.9 Å². The Morgan fingerprint density at radius 3 is 2.30 bits per heavy atom. The van der Waals surface area contributed by atoms with Gasteiger partial charge in [0.05, 0.1) is 32.4 Å². The Morgan fingerprint density at radius 1 is 1.02 bits per heavy atom. The lowest BCUT2D eigenvalue weighted by molar-refractivity contribution is -0.139. The third-order valence-corrected chi connectivity index (χ3v) is 12.9. The zero-order valence-electron chi connectivity index (χ0n) is 25.0. The Hall–Kier alpha value is -3.10. The van der Waals surface area contributed by atoms with Gasteiger partial charge in [0.25, 0.3) is 0 Å². The minimum absolute atomic E-state index is 0.0385. The molecule has 1 fully saturated rings. The van der Waals surface area contributed by atoms with Crippen LogP contribution in [-0.4, -0.2) is 58.6 Å². The van der Waals surface area contributed by atoms with Gasteiger partial charge in [0.1, 0.15) is 11.5 Å². The van der Waals surface area contributed by atoms with E-state index in [4.69, 9.17) is 13.9 Å². The number of ether oxygens (including phenoxy) is 2. The number of hydrogen-bond acceptors (Lipinski definition) is 6. The summed E-state index contributed by atoms with van der Waals surface area (Å²) in [7, 11) is 1.09. The maximum Gasteiger partial charge on any atom is 0.305 e. The number of carbonyl (C=O) groups is 2. The minimum atomic E-state index is -2.25. The largest absolute Gasteiger partial charge is 0.497 e. The molecule has 218 valence electrons. The first-order valence-corrected chi connectivity index (χ1v) is 16.9. The molecule has 0 saturated carbocycles. The van der Waals surface area contributed by atoms with E-state index >= 15 is 0 Å². The van der Waals surface area contributed by atoms with Crippen LogP contribution in [0.5, 0.6) is 11.5 Å². The summed E-state index contributed by atoms with van der Waals surface area (Å²) in [5.74, 6) is 0.526. The van der Waals surface area contributed by atoms with Crippen molar-refractivity contribution in [3.05, 3.63) is 66.2 Å². The predicted molar refractivity (Wildman–Crippen MR) is 162 cm³/mol. The normalized spacial score (nSPS) is 16.5. The minimum Gasteiger partial charge on any atom is -0.497 e. The van der Waals surface area contributed by atoms with Crippen molar-refractivity contribution >= 4 is 25.8 Å². The van der Waals surface area contributed by atoms with Crippen molar-refractivity contribution in [3.8, 4) is 11.5 Å². The quantitative estimate of drug-likeness (QED) is 0.228. The summed E-state index contributed by atoms with van der Waals surface area (Å²) in [5.41, 5.74) is 1.78. The van der Waals surface area contributed by atoms with Gasteiger partial charge in [0.2, 0.25) is 0 Å². The van der Waals surface area contributed by atoms with Crippen LogP contribution in [0.1, 0.15) is 52.0 Å². The first kappa shape index (κ1) is 31.4. The fourth-order valence-electron chi connectivity index (χ4n) is 5.01. The lowest BCUT2D eigenvalue weighted by Crippen LogP contribution is -2.45. The molecule has 0 amide bonds. The number of anilines is 1. The second-order valence-electron chi connectivity index (χ2n) is 12.1. The van der Waals surface area contributed by atoms with Crippen LogP contribution >= 0.6 is 0 Å². The summed E-state index contributed by atoms with van der Waals surface area (Å²) in [5, 5.41) is 9.42. The molecule has 1 unspecified atom stereocenters. The fraction of sp³-hybridized carbons (Fsp3) is 0.500. The average molecular weight is 568 g/mol. The van der Waals surface area contributed by atoms with Crippen molar-refractivity contribution in [2.24, 2.45) is 0 Å². The molecular weight excluding hydrogens is 522 g/mol. The molecule has 0 bridgehead atoms. The van der Waals surface area contributed by atoms with Gasteiger partial charge in [-0.2, -0.15) is 0 Å². The summed E-state index contributed by atoms with van der Waals surface area (Å²) in [6, 6.07) is 16.1. The maximum absolute atomic E-state index is 13.3. The summed E-state index contributed by atoms with van der Waals surface area (Å²) in [6.45, 7) is 12.0. The van der Waals surface area contributed by atoms with E-state index in [1.165, 1.54) is 0 Å². The number of carbonyl (C=O) groups excluding carboxylic acids is 1. The van der Waals surface area contributed by atoms with Crippen LogP contribution in [-0.2, 0) is 19.4 Å². The molecule has 40 heavy (non-hydrogen) atoms. The molecule has 1 N–H and O–H groups in total. The van der Waals surface area contributed by atoms with Crippen LogP contribution in [0, 0.1) is 0 Å². The maximum atomic E-state index is 13.3. The molecule has 1 aliphatic rings. The summed E-state index contributed by atoms with van der Waals surface area (Å²) in [6.07, 6.45) is 4.44. The van der Waals surface area contributed by atoms with Crippen LogP contribution < -0.4 is 14.4 Å².